The van der Waals surface area contributed by atoms with E-state index < -0.39 is 0 Å². The standard InChI is InChI=1S/C15H16N2OS/c1-10-7-11(2)9-12(8-10)17-14(18)13-5-4-6-16-15(13)19-3/h4-9H,1-3H3,(H,17,18). The number of aromatic nitrogens is 1. The molecule has 0 fully saturated rings. The van der Waals surface area contributed by atoms with E-state index in [1.54, 1.807) is 18.3 Å². The van der Waals surface area contributed by atoms with Crippen molar-refractivity contribution in [2.75, 3.05) is 11.6 Å². The maximum atomic E-state index is 12.3. The first-order valence-corrected chi connectivity index (χ1v) is 7.21. The van der Waals surface area contributed by atoms with E-state index in [9.17, 15) is 4.79 Å². The van der Waals surface area contributed by atoms with Crippen LogP contribution in [0.25, 0.3) is 0 Å². The quantitative estimate of drug-likeness (QED) is 0.867. The van der Waals surface area contributed by atoms with Crippen LogP contribution >= 0.6 is 11.8 Å². The van der Waals surface area contributed by atoms with Gasteiger partial charge >= 0.3 is 0 Å². The van der Waals surface area contributed by atoms with Gasteiger partial charge in [0.2, 0.25) is 0 Å². The molecular weight excluding hydrogens is 256 g/mol. The molecule has 0 radical (unpaired) electrons. The molecule has 0 aliphatic carbocycles. The molecule has 0 saturated carbocycles. The predicted octanol–water partition coefficient (Wildman–Crippen LogP) is 3.67. The number of hydrogen-bond acceptors (Lipinski definition) is 3. The lowest BCUT2D eigenvalue weighted by Crippen LogP contribution is -2.13. The number of rotatable bonds is 3. The summed E-state index contributed by atoms with van der Waals surface area (Å²) in [6, 6.07) is 9.56. The van der Waals surface area contributed by atoms with Crippen LogP contribution in [-0.4, -0.2) is 17.1 Å². The highest BCUT2D eigenvalue weighted by molar-refractivity contribution is 7.98. The molecule has 2 aromatic rings. The van der Waals surface area contributed by atoms with E-state index in [1.165, 1.54) is 11.8 Å². The monoisotopic (exact) mass is 272 g/mol. The van der Waals surface area contributed by atoms with Crippen molar-refractivity contribution < 1.29 is 4.79 Å². The molecule has 0 aliphatic rings. The highest BCUT2D eigenvalue weighted by Crippen LogP contribution is 2.19. The lowest BCUT2D eigenvalue weighted by molar-refractivity contribution is 0.102. The molecule has 0 spiro atoms. The molecular formula is C15H16N2OS. The Balaban J connectivity index is 2.25. The van der Waals surface area contributed by atoms with E-state index in [2.05, 4.69) is 16.4 Å². The summed E-state index contributed by atoms with van der Waals surface area (Å²) in [6.07, 6.45) is 3.61. The van der Waals surface area contributed by atoms with Gasteiger partial charge in [-0.3, -0.25) is 4.79 Å². The van der Waals surface area contributed by atoms with Crippen LogP contribution in [-0.2, 0) is 0 Å². The summed E-state index contributed by atoms with van der Waals surface area (Å²) < 4.78 is 0. The van der Waals surface area contributed by atoms with E-state index >= 15 is 0 Å². The number of amides is 1. The number of hydrogen-bond donors (Lipinski definition) is 1. The third-order valence-electron chi connectivity index (χ3n) is 2.69. The number of carbonyl (C=O) groups excluding carboxylic acids is 1. The minimum absolute atomic E-state index is 0.123. The highest BCUT2D eigenvalue weighted by atomic mass is 32.2. The van der Waals surface area contributed by atoms with Crippen molar-refractivity contribution >= 4 is 23.4 Å². The smallest absolute Gasteiger partial charge is 0.258 e. The summed E-state index contributed by atoms with van der Waals surface area (Å²) in [6.45, 7) is 4.03. The van der Waals surface area contributed by atoms with Crippen LogP contribution < -0.4 is 5.32 Å². The zero-order valence-electron chi connectivity index (χ0n) is 11.2. The second-order valence-corrected chi connectivity index (χ2v) is 5.19. The van der Waals surface area contributed by atoms with Crippen molar-refractivity contribution in [2.24, 2.45) is 0 Å². The summed E-state index contributed by atoms with van der Waals surface area (Å²) in [7, 11) is 0. The fourth-order valence-electron chi connectivity index (χ4n) is 1.97. The molecule has 0 saturated heterocycles. The number of nitrogens with one attached hydrogen (secondary N) is 1. The second kappa shape index (κ2) is 5.89. The number of carbonyl (C=O) groups is 1. The van der Waals surface area contributed by atoms with E-state index in [1.807, 2.05) is 32.2 Å². The molecule has 1 heterocycles. The zero-order valence-corrected chi connectivity index (χ0v) is 12.0. The highest BCUT2D eigenvalue weighted by Gasteiger charge is 2.11. The van der Waals surface area contributed by atoms with Crippen molar-refractivity contribution in [3.8, 4) is 0 Å². The number of pyridine rings is 1. The summed E-state index contributed by atoms with van der Waals surface area (Å²) in [5.41, 5.74) is 3.69. The second-order valence-electron chi connectivity index (χ2n) is 4.39. The van der Waals surface area contributed by atoms with Crippen molar-refractivity contribution in [2.45, 2.75) is 18.9 Å². The van der Waals surface area contributed by atoms with Gasteiger partial charge in [-0.1, -0.05) is 6.07 Å². The topological polar surface area (TPSA) is 42.0 Å². The Hall–Kier alpha value is -1.81. The van der Waals surface area contributed by atoms with Crippen molar-refractivity contribution in [1.82, 2.24) is 4.98 Å². The molecule has 0 bridgehead atoms. The van der Waals surface area contributed by atoms with E-state index in [-0.39, 0.29) is 5.91 Å². The first-order chi connectivity index (χ1) is 9.10. The number of aryl methyl sites for hydroxylation is 2. The number of nitrogens with zero attached hydrogens (tertiary/aromatic N) is 1. The molecule has 1 aromatic heterocycles. The fourth-order valence-corrected chi connectivity index (χ4v) is 2.52. The lowest BCUT2D eigenvalue weighted by atomic mass is 10.1. The SMILES string of the molecule is CSc1ncccc1C(=O)Nc1cc(C)cc(C)c1. The maximum Gasteiger partial charge on any atom is 0.258 e. The van der Waals surface area contributed by atoms with Gasteiger partial charge in [0.15, 0.2) is 0 Å². The molecule has 0 atom stereocenters. The molecule has 3 nitrogen and oxygen atoms in total. The number of thioether (sulfide) groups is 1. The molecule has 0 unspecified atom stereocenters. The van der Waals surface area contributed by atoms with E-state index in [0.717, 1.165) is 21.8 Å². The van der Waals surface area contributed by atoms with Crippen LogP contribution in [0.5, 0.6) is 0 Å². The van der Waals surface area contributed by atoms with Gasteiger partial charge in [0, 0.05) is 11.9 Å². The van der Waals surface area contributed by atoms with Gasteiger partial charge in [-0.05, 0) is 55.5 Å². The summed E-state index contributed by atoms with van der Waals surface area (Å²) in [4.78, 5) is 16.4. The van der Waals surface area contributed by atoms with Gasteiger partial charge in [0.1, 0.15) is 5.03 Å². The first-order valence-electron chi connectivity index (χ1n) is 5.99. The number of anilines is 1. The third-order valence-corrected chi connectivity index (χ3v) is 3.40. The molecule has 1 amide bonds. The molecule has 1 N–H and O–H groups in total. The van der Waals surface area contributed by atoms with Gasteiger partial charge in [0.25, 0.3) is 5.91 Å². The normalized spacial score (nSPS) is 10.3. The van der Waals surface area contributed by atoms with Crippen LogP contribution in [0.3, 0.4) is 0 Å². The van der Waals surface area contributed by atoms with E-state index in [0.29, 0.717) is 5.56 Å². The van der Waals surface area contributed by atoms with Gasteiger partial charge < -0.3 is 5.32 Å². The Labute approximate surface area is 117 Å². The Morgan fingerprint density at radius 1 is 1.21 bits per heavy atom. The van der Waals surface area contributed by atoms with Crippen molar-refractivity contribution in [3.05, 3.63) is 53.2 Å². The van der Waals surface area contributed by atoms with Gasteiger partial charge in [-0.2, -0.15) is 0 Å². The first kappa shape index (κ1) is 13.6. The minimum Gasteiger partial charge on any atom is -0.322 e. The van der Waals surface area contributed by atoms with Crippen LogP contribution in [0.2, 0.25) is 0 Å². The Bertz CT molecular complexity index is 591. The van der Waals surface area contributed by atoms with Crippen molar-refractivity contribution in [3.63, 3.8) is 0 Å². The molecule has 1 aromatic carbocycles. The van der Waals surface area contributed by atoms with Gasteiger partial charge in [-0.15, -0.1) is 11.8 Å². The molecule has 4 heteroatoms. The Kier molecular flexibility index (Phi) is 4.22. The zero-order chi connectivity index (χ0) is 13.8. The van der Waals surface area contributed by atoms with Crippen LogP contribution in [0.15, 0.2) is 41.6 Å². The average Bonchev–Trinajstić information content (AvgIpc) is 2.37. The molecule has 19 heavy (non-hydrogen) atoms. The molecule has 0 aliphatic heterocycles. The number of benzene rings is 1. The largest absolute Gasteiger partial charge is 0.322 e. The average molecular weight is 272 g/mol. The summed E-state index contributed by atoms with van der Waals surface area (Å²) in [5.74, 6) is -0.123. The van der Waals surface area contributed by atoms with Crippen LogP contribution in [0.1, 0.15) is 21.5 Å². The third kappa shape index (κ3) is 3.35. The molecule has 98 valence electrons. The van der Waals surface area contributed by atoms with Gasteiger partial charge in [-0.25, -0.2) is 4.98 Å². The summed E-state index contributed by atoms with van der Waals surface area (Å²) >= 11 is 1.47. The van der Waals surface area contributed by atoms with Gasteiger partial charge in [0.05, 0.1) is 5.56 Å². The summed E-state index contributed by atoms with van der Waals surface area (Å²) in [5, 5.41) is 3.66. The molecule has 2 rings (SSSR count). The van der Waals surface area contributed by atoms with Crippen LogP contribution in [0, 0.1) is 13.8 Å². The maximum absolute atomic E-state index is 12.3. The fraction of sp³-hybridized carbons (Fsp3) is 0.200. The van der Waals surface area contributed by atoms with Crippen LogP contribution in [0.4, 0.5) is 5.69 Å². The predicted molar refractivity (Wildman–Crippen MR) is 79.9 cm³/mol. The van der Waals surface area contributed by atoms with Crippen molar-refractivity contribution in [1.29, 1.82) is 0 Å². The van der Waals surface area contributed by atoms with E-state index in [4.69, 9.17) is 0 Å². The lowest BCUT2D eigenvalue weighted by Gasteiger charge is -2.09. The Morgan fingerprint density at radius 3 is 2.53 bits per heavy atom. The minimum atomic E-state index is -0.123. The Morgan fingerprint density at radius 2 is 1.89 bits per heavy atom.